The van der Waals surface area contributed by atoms with Gasteiger partial charge in [-0.2, -0.15) is 10.3 Å². The van der Waals surface area contributed by atoms with Crippen molar-refractivity contribution in [3.8, 4) is 5.69 Å². The summed E-state index contributed by atoms with van der Waals surface area (Å²) in [6, 6.07) is 8.77. The van der Waals surface area contributed by atoms with Crippen molar-refractivity contribution in [2.75, 3.05) is 0 Å². The maximum Gasteiger partial charge on any atom is 0.272 e. The predicted molar refractivity (Wildman–Crippen MR) is 73.9 cm³/mol. The fourth-order valence-electron chi connectivity index (χ4n) is 1.69. The van der Waals surface area contributed by atoms with Crippen LogP contribution >= 0.6 is 11.6 Å². The minimum Gasteiger partial charge on any atom is -0.343 e. The fourth-order valence-corrected chi connectivity index (χ4v) is 1.82. The Hall–Kier alpha value is -2.74. The molecule has 9 heteroatoms. The van der Waals surface area contributed by atoms with Gasteiger partial charge in [0.2, 0.25) is 0 Å². The Labute approximate surface area is 124 Å². The predicted octanol–water partition coefficient (Wildman–Crippen LogP) is 0.969. The highest BCUT2D eigenvalue weighted by Crippen LogP contribution is 2.13. The van der Waals surface area contributed by atoms with E-state index in [2.05, 4.69) is 31.0 Å². The molecule has 8 nitrogen and oxygen atoms in total. The van der Waals surface area contributed by atoms with E-state index in [1.54, 1.807) is 29.1 Å². The first-order valence-corrected chi connectivity index (χ1v) is 6.42. The normalized spacial score (nSPS) is 10.5. The van der Waals surface area contributed by atoms with Gasteiger partial charge in [-0.25, -0.2) is 4.68 Å². The van der Waals surface area contributed by atoms with Gasteiger partial charge in [-0.05, 0) is 30.3 Å². The number of aromatic amines is 1. The highest BCUT2D eigenvalue weighted by Gasteiger charge is 2.11. The van der Waals surface area contributed by atoms with Gasteiger partial charge in [-0.15, -0.1) is 10.2 Å². The highest BCUT2D eigenvalue weighted by molar-refractivity contribution is 6.30. The summed E-state index contributed by atoms with van der Waals surface area (Å²) in [5.41, 5.74) is 1.12. The summed E-state index contributed by atoms with van der Waals surface area (Å²) in [5, 5.41) is 20.7. The van der Waals surface area contributed by atoms with Crippen molar-refractivity contribution < 1.29 is 4.79 Å². The van der Waals surface area contributed by atoms with Crippen LogP contribution < -0.4 is 5.32 Å². The fraction of sp³-hybridized carbons (Fsp3) is 0.0833. The summed E-state index contributed by atoms with van der Waals surface area (Å²) >= 11 is 5.83. The molecule has 0 saturated heterocycles. The van der Waals surface area contributed by atoms with Gasteiger partial charge in [0.15, 0.2) is 11.5 Å². The molecule has 0 radical (unpaired) electrons. The molecule has 0 aliphatic heterocycles. The number of carbonyl (C=O) groups excluding carboxylic acids is 1. The summed E-state index contributed by atoms with van der Waals surface area (Å²) < 4.78 is 1.60. The first-order chi connectivity index (χ1) is 10.2. The molecule has 2 N–H and O–H groups in total. The van der Waals surface area contributed by atoms with Crippen molar-refractivity contribution in [1.82, 2.24) is 35.7 Å². The number of aromatic nitrogens is 6. The maximum atomic E-state index is 11.9. The zero-order valence-electron chi connectivity index (χ0n) is 10.7. The molecular formula is C12H10ClN7O. The molecule has 21 heavy (non-hydrogen) atoms. The number of nitrogens with one attached hydrogen (secondary N) is 2. The van der Waals surface area contributed by atoms with Crippen LogP contribution in [0, 0.1) is 0 Å². The molecule has 1 amide bonds. The second kappa shape index (κ2) is 5.71. The molecule has 2 aromatic heterocycles. The third-order valence-corrected chi connectivity index (χ3v) is 2.96. The van der Waals surface area contributed by atoms with E-state index in [0.717, 1.165) is 5.69 Å². The third-order valence-electron chi connectivity index (χ3n) is 2.71. The van der Waals surface area contributed by atoms with Crippen LogP contribution in [0.5, 0.6) is 0 Å². The number of tetrazole rings is 1. The number of halogens is 1. The molecular weight excluding hydrogens is 294 g/mol. The van der Waals surface area contributed by atoms with Gasteiger partial charge >= 0.3 is 0 Å². The van der Waals surface area contributed by atoms with Gasteiger partial charge in [0.25, 0.3) is 5.91 Å². The summed E-state index contributed by atoms with van der Waals surface area (Å²) in [6.07, 6.45) is 1.70. The number of rotatable bonds is 4. The molecule has 0 aliphatic rings. The number of hydrogen-bond donors (Lipinski definition) is 2. The van der Waals surface area contributed by atoms with Gasteiger partial charge in [-0.1, -0.05) is 16.8 Å². The molecule has 0 bridgehead atoms. The zero-order chi connectivity index (χ0) is 14.7. The van der Waals surface area contributed by atoms with E-state index in [9.17, 15) is 4.79 Å². The third kappa shape index (κ3) is 3.06. The van der Waals surface area contributed by atoms with E-state index in [0.29, 0.717) is 16.5 Å². The molecule has 0 aliphatic carbocycles. The molecule has 0 atom stereocenters. The SMILES string of the molecule is O=C(NCc1nn[nH]n1)c1ccn(-c2ccc(Cl)cc2)n1. The van der Waals surface area contributed by atoms with Crippen LogP contribution in [0.15, 0.2) is 36.5 Å². The Balaban J connectivity index is 1.69. The first-order valence-electron chi connectivity index (χ1n) is 6.04. The van der Waals surface area contributed by atoms with Gasteiger partial charge in [0.1, 0.15) is 0 Å². The van der Waals surface area contributed by atoms with Crippen LogP contribution in [-0.4, -0.2) is 36.3 Å². The van der Waals surface area contributed by atoms with E-state index >= 15 is 0 Å². The second-order valence-corrected chi connectivity index (χ2v) is 4.57. The van der Waals surface area contributed by atoms with Crippen molar-refractivity contribution in [3.63, 3.8) is 0 Å². The standard InChI is InChI=1S/C12H10ClN7O/c13-8-1-3-9(4-2-8)20-6-5-10(17-20)12(21)14-7-11-15-18-19-16-11/h1-6H,7H2,(H,14,21)(H,15,16,18,19). The number of nitrogens with zero attached hydrogens (tertiary/aromatic N) is 5. The molecule has 0 unspecified atom stereocenters. The van der Waals surface area contributed by atoms with Crippen molar-refractivity contribution in [3.05, 3.63) is 53.1 Å². The van der Waals surface area contributed by atoms with E-state index in [1.807, 2.05) is 12.1 Å². The van der Waals surface area contributed by atoms with Crippen molar-refractivity contribution in [2.24, 2.45) is 0 Å². The van der Waals surface area contributed by atoms with Crippen molar-refractivity contribution >= 4 is 17.5 Å². The zero-order valence-corrected chi connectivity index (χ0v) is 11.4. The lowest BCUT2D eigenvalue weighted by Crippen LogP contribution is -2.24. The molecule has 3 aromatic rings. The first kappa shape index (κ1) is 13.3. The number of benzene rings is 1. The van der Waals surface area contributed by atoms with Gasteiger partial charge in [0, 0.05) is 11.2 Å². The topological polar surface area (TPSA) is 101 Å². The van der Waals surface area contributed by atoms with Crippen LogP contribution in [-0.2, 0) is 6.54 Å². The van der Waals surface area contributed by atoms with Crippen LogP contribution in [0.1, 0.15) is 16.3 Å². The maximum absolute atomic E-state index is 11.9. The molecule has 106 valence electrons. The van der Waals surface area contributed by atoms with Crippen molar-refractivity contribution in [2.45, 2.75) is 6.54 Å². The van der Waals surface area contributed by atoms with E-state index in [4.69, 9.17) is 11.6 Å². The van der Waals surface area contributed by atoms with Gasteiger partial charge < -0.3 is 5.32 Å². The highest BCUT2D eigenvalue weighted by atomic mass is 35.5. The smallest absolute Gasteiger partial charge is 0.272 e. The van der Waals surface area contributed by atoms with E-state index in [1.165, 1.54) is 0 Å². The average molecular weight is 304 g/mol. The molecule has 2 heterocycles. The van der Waals surface area contributed by atoms with E-state index in [-0.39, 0.29) is 12.5 Å². The lowest BCUT2D eigenvalue weighted by Gasteiger charge is -2.01. The Morgan fingerprint density at radius 2 is 2.10 bits per heavy atom. The van der Waals surface area contributed by atoms with Gasteiger partial charge in [-0.3, -0.25) is 4.79 Å². The lowest BCUT2D eigenvalue weighted by molar-refractivity contribution is 0.0944. The van der Waals surface area contributed by atoms with Crippen LogP contribution in [0.3, 0.4) is 0 Å². The van der Waals surface area contributed by atoms with Crippen LogP contribution in [0.4, 0.5) is 0 Å². The monoisotopic (exact) mass is 303 g/mol. The minimum absolute atomic E-state index is 0.184. The largest absolute Gasteiger partial charge is 0.343 e. The summed E-state index contributed by atoms with van der Waals surface area (Å²) in [5.74, 6) is 0.0907. The lowest BCUT2D eigenvalue weighted by atomic mass is 10.3. The summed E-state index contributed by atoms with van der Waals surface area (Å²) in [6.45, 7) is 0.184. The molecule has 1 aromatic carbocycles. The molecule has 0 saturated carbocycles. The van der Waals surface area contributed by atoms with Crippen LogP contribution in [0.2, 0.25) is 5.02 Å². The second-order valence-electron chi connectivity index (χ2n) is 4.13. The quantitative estimate of drug-likeness (QED) is 0.748. The van der Waals surface area contributed by atoms with Crippen molar-refractivity contribution in [1.29, 1.82) is 0 Å². The molecule has 0 spiro atoms. The van der Waals surface area contributed by atoms with Crippen LogP contribution in [0.25, 0.3) is 5.69 Å². The average Bonchev–Trinajstić information content (AvgIpc) is 3.17. The summed E-state index contributed by atoms with van der Waals surface area (Å²) in [4.78, 5) is 11.9. The number of hydrogen-bond acceptors (Lipinski definition) is 5. The Morgan fingerprint density at radius 1 is 1.29 bits per heavy atom. The Kier molecular flexibility index (Phi) is 3.61. The molecule has 0 fully saturated rings. The van der Waals surface area contributed by atoms with E-state index < -0.39 is 0 Å². The van der Waals surface area contributed by atoms with Gasteiger partial charge in [0.05, 0.1) is 12.2 Å². The number of carbonyl (C=O) groups is 1. The number of amides is 1. The Bertz CT molecular complexity index is 735. The summed E-state index contributed by atoms with van der Waals surface area (Å²) in [7, 11) is 0. The Morgan fingerprint density at radius 3 is 2.81 bits per heavy atom. The minimum atomic E-state index is -0.312. The molecule has 3 rings (SSSR count). The number of H-pyrrole nitrogens is 1.